The Morgan fingerprint density at radius 1 is 1.17 bits per heavy atom. The largest absolute Gasteiger partial charge is 0.368 e. The molecule has 1 atom stereocenters. The van der Waals surface area contributed by atoms with Gasteiger partial charge in [-0.05, 0) is 12.8 Å². The van der Waals surface area contributed by atoms with Crippen LogP contribution in [0, 0.1) is 0 Å². The summed E-state index contributed by atoms with van der Waals surface area (Å²) in [5.74, 6) is -0.356. The number of carbonyl (C=O) groups excluding carboxylic acids is 2. The number of nitrogens with two attached hydrogens (primary N) is 1. The summed E-state index contributed by atoms with van der Waals surface area (Å²) >= 11 is 0. The topological polar surface area (TPSA) is 63.4 Å². The van der Waals surface area contributed by atoms with Gasteiger partial charge in [0.05, 0.1) is 0 Å². The lowest BCUT2D eigenvalue weighted by Gasteiger charge is -2.21. The van der Waals surface area contributed by atoms with E-state index >= 15 is 0 Å². The van der Waals surface area contributed by atoms with Gasteiger partial charge in [0.2, 0.25) is 11.8 Å². The Bertz CT molecular complexity index is 250. The van der Waals surface area contributed by atoms with Crippen LogP contribution in [-0.2, 0) is 9.59 Å². The molecule has 2 N–H and O–H groups in total. The molecule has 0 bridgehead atoms. The van der Waals surface area contributed by atoms with Gasteiger partial charge >= 0.3 is 0 Å². The minimum Gasteiger partial charge on any atom is -0.368 e. The molecule has 0 aromatic carbocycles. The Morgan fingerprint density at radius 2 is 1.72 bits per heavy atom. The van der Waals surface area contributed by atoms with Gasteiger partial charge in [-0.25, -0.2) is 0 Å². The molecule has 0 spiro atoms. The van der Waals surface area contributed by atoms with E-state index in [9.17, 15) is 9.59 Å². The molecule has 18 heavy (non-hydrogen) atoms. The molecule has 1 heterocycles. The summed E-state index contributed by atoms with van der Waals surface area (Å²) in [4.78, 5) is 23.7. The van der Waals surface area contributed by atoms with Gasteiger partial charge < -0.3 is 10.6 Å². The van der Waals surface area contributed by atoms with E-state index in [1.165, 1.54) is 25.7 Å². The second kappa shape index (κ2) is 9.92. The van der Waals surface area contributed by atoms with E-state index in [2.05, 4.69) is 13.8 Å². The van der Waals surface area contributed by atoms with Crippen LogP contribution in [0.1, 0.15) is 65.7 Å². The summed E-state index contributed by atoms with van der Waals surface area (Å²) in [5.41, 5.74) is 5.15. The van der Waals surface area contributed by atoms with Gasteiger partial charge in [-0.15, -0.1) is 0 Å². The highest BCUT2D eigenvalue weighted by Gasteiger charge is 2.31. The van der Waals surface area contributed by atoms with E-state index in [1.807, 2.05) is 0 Å². The van der Waals surface area contributed by atoms with Crippen LogP contribution in [0.2, 0.25) is 0 Å². The molecule has 1 aliphatic rings. The molecule has 0 aromatic heterocycles. The maximum atomic E-state index is 11.2. The van der Waals surface area contributed by atoms with Crippen molar-refractivity contribution in [2.24, 2.45) is 5.73 Å². The molecule has 4 heteroatoms. The minimum atomic E-state index is -0.380. The number of carbonyl (C=O) groups is 2. The highest BCUT2D eigenvalue weighted by molar-refractivity contribution is 5.87. The zero-order valence-electron chi connectivity index (χ0n) is 12.1. The van der Waals surface area contributed by atoms with Crippen molar-refractivity contribution in [3.05, 3.63) is 0 Å². The smallest absolute Gasteiger partial charge is 0.240 e. The molecule has 0 aliphatic carbocycles. The Balaban J connectivity index is 0.000000411. The lowest BCUT2D eigenvalue weighted by molar-refractivity contribution is -0.137. The number of likely N-dealkylation sites (tertiary alicyclic amines) is 1. The number of nitrogens with zero attached hydrogens (tertiary/aromatic N) is 1. The average molecular weight is 256 g/mol. The lowest BCUT2D eigenvalue weighted by atomic mass is 10.2. The van der Waals surface area contributed by atoms with Crippen LogP contribution < -0.4 is 5.73 Å². The summed E-state index contributed by atoms with van der Waals surface area (Å²) in [6, 6.07) is -0.350. The zero-order valence-corrected chi connectivity index (χ0v) is 12.1. The van der Waals surface area contributed by atoms with Crippen LogP contribution in [0.3, 0.4) is 0 Å². The van der Waals surface area contributed by atoms with E-state index in [0.717, 1.165) is 12.8 Å². The molecule has 0 saturated carbocycles. The third-order valence-electron chi connectivity index (χ3n) is 3.16. The normalized spacial score (nSPS) is 18.2. The number of primary amides is 1. The van der Waals surface area contributed by atoms with Crippen LogP contribution in [0.25, 0.3) is 0 Å². The molecule has 0 radical (unpaired) electrons. The monoisotopic (exact) mass is 256 g/mol. The Morgan fingerprint density at radius 3 is 2.11 bits per heavy atom. The van der Waals surface area contributed by atoms with Crippen LogP contribution in [0.15, 0.2) is 0 Å². The van der Waals surface area contributed by atoms with E-state index in [4.69, 9.17) is 5.73 Å². The van der Waals surface area contributed by atoms with Crippen molar-refractivity contribution >= 4 is 11.8 Å². The first-order chi connectivity index (χ1) is 8.58. The van der Waals surface area contributed by atoms with Gasteiger partial charge in [0, 0.05) is 13.0 Å². The fourth-order valence-corrected chi connectivity index (χ4v) is 2.06. The van der Waals surface area contributed by atoms with Crippen molar-refractivity contribution in [3.63, 3.8) is 0 Å². The van der Waals surface area contributed by atoms with Gasteiger partial charge in [0.25, 0.3) is 0 Å². The third-order valence-corrected chi connectivity index (χ3v) is 3.16. The zero-order chi connectivity index (χ0) is 14.0. The van der Waals surface area contributed by atoms with Gasteiger partial charge in [-0.3, -0.25) is 9.59 Å². The fraction of sp³-hybridized carbons (Fsp3) is 0.857. The van der Waals surface area contributed by atoms with Crippen molar-refractivity contribution in [2.45, 2.75) is 71.8 Å². The highest BCUT2D eigenvalue weighted by atomic mass is 16.2. The summed E-state index contributed by atoms with van der Waals surface area (Å²) in [6.45, 7) is 6.93. The molecule has 1 aliphatic heterocycles. The first kappa shape index (κ1) is 16.9. The summed E-state index contributed by atoms with van der Waals surface area (Å²) in [7, 11) is 0. The molecule has 1 rings (SSSR count). The first-order valence-corrected chi connectivity index (χ1v) is 7.17. The molecular weight excluding hydrogens is 228 g/mol. The van der Waals surface area contributed by atoms with Crippen molar-refractivity contribution < 1.29 is 9.59 Å². The summed E-state index contributed by atoms with van der Waals surface area (Å²) < 4.78 is 0. The van der Waals surface area contributed by atoms with Gasteiger partial charge in [-0.2, -0.15) is 0 Å². The third kappa shape index (κ3) is 6.03. The predicted octanol–water partition coefficient (Wildman–Crippen LogP) is 2.46. The van der Waals surface area contributed by atoms with E-state index in [-0.39, 0.29) is 17.9 Å². The Labute approximate surface area is 111 Å². The van der Waals surface area contributed by atoms with Gasteiger partial charge in [-0.1, -0.05) is 46.5 Å². The molecule has 1 saturated heterocycles. The van der Waals surface area contributed by atoms with Crippen LogP contribution in [-0.4, -0.2) is 29.3 Å². The number of rotatable bonds is 5. The number of hydrogen-bond donors (Lipinski definition) is 1. The van der Waals surface area contributed by atoms with E-state index < -0.39 is 0 Å². The average Bonchev–Trinajstić information content (AvgIpc) is 2.85. The second-order valence-electron chi connectivity index (χ2n) is 4.71. The molecule has 106 valence electrons. The number of hydrogen-bond acceptors (Lipinski definition) is 2. The Hall–Kier alpha value is -1.06. The minimum absolute atomic E-state index is 0.0244. The lowest BCUT2D eigenvalue weighted by Crippen LogP contribution is -2.43. The highest BCUT2D eigenvalue weighted by Crippen LogP contribution is 2.17. The van der Waals surface area contributed by atoms with Crippen LogP contribution in [0.5, 0.6) is 0 Å². The molecule has 4 nitrogen and oxygen atoms in total. The molecule has 1 fully saturated rings. The van der Waals surface area contributed by atoms with Gasteiger partial charge in [0.1, 0.15) is 6.04 Å². The maximum Gasteiger partial charge on any atom is 0.240 e. The first-order valence-electron chi connectivity index (χ1n) is 7.17. The maximum absolute atomic E-state index is 11.2. The molecule has 2 amide bonds. The summed E-state index contributed by atoms with van der Waals surface area (Å²) in [6.07, 6.45) is 7.60. The SMILES string of the molecule is CCC(=O)N1CCCC1C(N)=O.CCCCCC. The predicted molar refractivity (Wildman–Crippen MR) is 74.0 cm³/mol. The van der Waals surface area contributed by atoms with Crippen molar-refractivity contribution in [1.29, 1.82) is 0 Å². The molecule has 1 unspecified atom stereocenters. The van der Waals surface area contributed by atoms with Crippen LogP contribution in [0.4, 0.5) is 0 Å². The van der Waals surface area contributed by atoms with Crippen molar-refractivity contribution in [3.8, 4) is 0 Å². The van der Waals surface area contributed by atoms with Crippen LogP contribution >= 0.6 is 0 Å². The number of amides is 2. The van der Waals surface area contributed by atoms with Crippen molar-refractivity contribution in [2.75, 3.05) is 6.54 Å². The second-order valence-corrected chi connectivity index (χ2v) is 4.71. The quantitative estimate of drug-likeness (QED) is 0.768. The van der Waals surface area contributed by atoms with E-state index in [1.54, 1.807) is 11.8 Å². The standard InChI is InChI=1S/C8H14N2O2.C6H14/c1-2-7(11)10-5-3-4-6(10)8(9)12;1-3-5-6-4-2/h6H,2-5H2,1H3,(H2,9,12);3-6H2,1-2H3. The van der Waals surface area contributed by atoms with E-state index in [0.29, 0.717) is 13.0 Å². The molecular formula is C14H28N2O2. The van der Waals surface area contributed by atoms with Crippen molar-refractivity contribution in [1.82, 2.24) is 4.90 Å². The fourth-order valence-electron chi connectivity index (χ4n) is 2.06. The Kier molecular flexibility index (Phi) is 9.33. The van der Waals surface area contributed by atoms with Gasteiger partial charge in [0.15, 0.2) is 0 Å². The number of unbranched alkanes of at least 4 members (excludes halogenated alkanes) is 3. The summed E-state index contributed by atoms with van der Waals surface area (Å²) in [5, 5.41) is 0. The molecule has 0 aromatic rings.